The number of aryl methyl sites for hydroxylation is 1. The Balaban J connectivity index is 1.46. The number of carbonyl (C=O) groups excluding carboxylic acids is 1. The highest BCUT2D eigenvalue weighted by molar-refractivity contribution is 7.21. The molecule has 2 aromatic carbocycles. The smallest absolute Gasteiger partial charge is 0.267 e. The van der Waals surface area contributed by atoms with Gasteiger partial charge in [0.15, 0.2) is 0 Å². The number of rotatable bonds is 7. The molecule has 4 aromatic rings. The average molecular weight is 452 g/mol. The molecule has 3 N–H and O–H groups in total. The predicted molar refractivity (Wildman–Crippen MR) is 129 cm³/mol. The fraction of sp³-hybridized carbons (Fsp3) is 0.167. The lowest BCUT2D eigenvalue weighted by Gasteiger charge is -2.08. The number of pyridine rings is 1. The minimum atomic E-state index is -0.248. The predicted octanol–water partition coefficient (Wildman–Crippen LogP) is 6.92. The SMILES string of the molecule is CCCCc1ccc2c(N)c(C(=O)Nc3ccc(Oc4ccc(Cl)cc4)cc3)sc2n1. The molecule has 0 aliphatic heterocycles. The summed E-state index contributed by atoms with van der Waals surface area (Å²) in [5.74, 6) is 1.09. The van der Waals surface area contributed by atoms with Crippen molar-refractivity contribution in [2.45, 2.75) is 26.2 Å². The van der Waals surface area contributed by atoms with Crippen LogP contribution >= 0.6 is 22.9 Å². The number of hydrogen-bond acceptors (Lipinski definition) is 5. The maximum Gasteiger partial charge on any atom is 0.267 e. The van der Waals surface area contributed by atoms with Crippen LogP contribution in [0.3, 0.4) is 0 Å². The van der Waals surface area contributed by atoms with Crippen molar-refractivity contribution in [3.8, 4) is 11.5 Å². The zero-order chi connectivity index (χ0) is 21.8. The third kappa shape index (κ3) is 4.98. The summed E-state index contributed by atoms with van der Waals surface area (Å²) in [7, 11) is 0. The summed E-state index contributed by atoms with van der Waals surface area (Å²) in [6.07, 6.45) is 3.13. The maximum absolute atomic E-state index is 12.8. The van der Waals surface area contributed by atoms with Crippen molar-refractivity contribution in [1.29, 1.82) is 0 Å². The van der Waals surface area contributed by atoms with Gasteiger partial charge in [0, 0.05) is 21.8 Å². The van der Waals surface area contributed by atoms with E-state index >= 15 is 0 Å². The molecule has 0 bridgehead atoms. The van der Waals surface area contributed by atoms with E-state index in [0.717, 1.165) is 35.2 Å². The molecular weight excluding hydrogens is 430 g/mol. The molecule has 0 radical (unpaired) electrons. The van der Waals surface area contributed by atoms with E-state index in [2.05, 4.69) is 17.2 Å². The second-order valence-electron chi connectivity index (χ2n) is 7.14. The number of carbonyl (C=O) groups is 1. The maximum atomic E-state index is 12.8. The van der Waals surface area contributed by atoms with Gasteiger partial charge in [-0.05, 0) is 73.5 Å². The average Bonchev–Trinajstić information content (AvgIpc) is 3.11. The quantitative estimate of drug-likeness (QED) is 0.319. The number of ether oxygens (including phenoxy) is 1. The van der Waals surface area contributed by atoms with Crippen molar-refractivity contribution in [3.63, 3.8) is 0 Å². The fourth-order valence-electron chi connectivity index (χ4n) is 3.13. The molecule has 4 rings (SSSR count). The topological polar surface area (TPSA) is 77.2 Å². The number of halogens is 1. The zero-order valence-corrected chi connectivity index (χ0v) is 18.6. The third-order valence-electron chi connectivity index (χ3n) is 4.81. The molecule has 1 amide bonds. The van der Waals surface area contributed by atoms with Crippen LogP contribution in [0.1, 0.15) is 35.1 Å². The highest BCUT2D eigenvalue weighted by Gasteiger charge is 2.18. The van der Waals surface area contributed by atoms with E-state index < -0.39 is 0 Å². The van der Waals surface area contributed by atoms with E-state index in [1.807, 2.05) is 12.1 Å². The number of nitrogens with two attached hydrogens (primary N) is 1. The van der Waals surface area contributed by atoms with E-state index in [1.165, 1.54) is 11.3 Å². The molecule has 0 saturated carbocycles. The molecule has 158 valence electrons. The van der Waals surface area contributed by atoms with Gasteiger partial charge in [0.25, 0.3) is 5.91 Å². The number of aromatic nitrogens is 1. The van der Waals surface area contributed by atoms with Crippen LogP contribution in [-0.4, -0.2) is 10.9 Å². The summed E-state index contributed by atoms with van der Waals surface area (Å²) in [5.41, 5.74) is 8.39. The molecule has 5 nitrogen and oxygen atoms in total. The number of nitrogens with one attached hydrogen (secondary N) is 1. The molecule has 2 aromatic heterocycles. The van der Waals surface area contributed by atoms with Crippen LogP contribution in [0.15, 0.2) is 60.7 Å². The molecule has 2 heterocycles. The highest BCUT2D eigenvalue weighted by atomic mass is 35.5. The van der Waals surface area contributed by atoms with Crippen molar-refractivity contribution >= 4 is 50.4 Å². The first-order valence-electron chi connectivity index (χ1n) is 10.1. The number of fused-ring (bicyclic) bond motifs is 1. The lowest BCUT2D eigenvalue weighted by molar-refractivity contribution is 0.103. The van der Waals surface area contributed by atoms with Gasteiger partial charge in [-0.3, -0.25) is 4.79 Å². The van der Waals surface area contributed by atoms with Gasteiger partial charge >= 0.3 is 0 Å². The summed E-state index contributed by atoms with van der Waals surface area (Å²) in [5, 5.41) is 4.37. The van der Waals surface area contributed by atoms with Gasteiger partial charge in [-0.25, -0.2) is 4.98 Å². The molecule has 0 spiro atoms. The van der Waals surface area contributed by atoms with Crippen LogP contribution in [-0.2, 0) is 6.42 Å². The van der Waals surface area contributed by atoms with Gasteiger partial charge < -0.3 is 15.8 Å². The molecule has 31 heavy (non-hydrogen) atoms. The monoisotopic (exact) mass is 451 g/mol. The Morgan fingerprint density at radius 3 is 2.42 bits per heavy atom. The normalized spacial score (nSPS) is 10.9. The number of nitrogens with zero attached hydrogens (tertiary/aromatic N) is 1. The molecule has 0 fully saturated rings. The van der Waals surface area contributed by atoms with Gasteiger partial charge in [0.05, 0.1) is 5.69 Å². The number of benzene rings is 2. The first kappa shape index (κ1) is 21.2. The molecular formula is C24H22ClN3O2S. The molecule has 0 unspecified atom stereocenters. The fourth-order valence-corrected chi connectivity index (χ4v) is 4.27. The molecule has 0 atom stereocenters. The van der Waals surface area contributed by atoms with E-state index in [1.54, 1.807) is 48.5 Å². The number of thiophene rings is 1. The van der Waals surface area contributed by atoms with Crippen molar-refractivity contribution in [2.75, 3.05) is 11.1 Å². The Labute approximate surface area is 189 Å². The number of nitrogen functional groups attached to an aromatic ring is 1. The van der Waals surface area contributed by atoms with Gasteiger partial charge in [0.1, 0.15) is 21.2 Å². The minimum Gasteiger partial charge on any atom is -0.457 e. The standard InChI is InChI=1S/C24H22ClN3O2S/c1-2-3-4-16-9-14-20-21(26)22(31-24(20)28-16)23(29)27-17-7-12-19(13-8-17)30-18-10-5-15(25)6-11-18/h5-14H,2-4,26H2,1H3,(H,27,29). The van der Waals surface area contributed by atoms with Crippen LogP contribution in [0.2, 0.25) is 5.02 Å². The number of amides is 1. The molecule has 0 aliphatic carbocycles. The van der Waals surface area contributed by atoms with Crippen LogP contribution in [0.25, 0.3) is 10.2 Å². The van der Waals surface area contributed by atoms with E-state index in [-0.39, 0.29) is 5.91 Å². The van der Waals surface area contributed by atoms with Crippen molar-refractivity contribution < 1.29 is 9.53 Å². The molecule has 0 aliphatic rings. The largest absolute Gasteiger partial charge is 0.457 e. The lowest BCUT2D eigenvalue weighted by Crippen LogP contribution is -2.11. The number of hydrogen-bond donors (Lipinski definition) is 2. The van der Waals surface area contributed by atoms with Crippen molar-refractivity contribution in [2.24, 2.45) is 0 Å². The van der Waals surface area contributed by atoms with Crippen molar-refractivity contribution in [1.82, 2.24) is 4.98 Å². The summed E-state index contributed by atoms with van der Waals surface area (Å²) in [4.78, 5) is 18.8. The molecule has 0 saturated heterocycles. The van der Waals surface area contributed by atoms with Crippen LogP contribution in [0, 0.1) is 0 Å². The third-order valence-corrected chi connectivity index (χ3v) is 6.17. The Morgan fingerprint density at radius 2 is 1.74 bits per heavy atom. The van der Waals surface area contributed by atoms with Crippen LogP contribution in [0.5, 0.6) is 11.5 Å². The molecule has 7 heteroatoms. The summed E-state index contributed by atoms with van der Waals surface area (Å²) in [6, 6.07) is 18.2. The first-order chi connectivity index (χ1) is 15.0. The van der Waals surface area contributed by atoms with Gasteiger partial charge in [-0.15, -0.1) is 11.3 Å². The van der Waals surface area contributed by atoms with Gasteiger partial charge in [-0.1, -0.05) is 24.9 Å². The van der Waals surface area contributed by atoms with Crippen molar-refractivity contribution in [3.05, 3.63) is 76.3 Å². The second-order valence-corrected chi connectivity index (χ2v) is 8.57. The van der Waals surface area contributed by atoms with E-state index in [4.69, 9.17) is 22.1 Å². The second kappa shape index (κ2) is 9.37. The Morgan fingerprint density at radius 1 is 1.06 bits per heavy atom. The van der Waals surface area contributed by atoms with Crippen LogP contribution in [0.4, 0.5) is 11.4 Å². The Bertz CT molecular complexity index is 1200. The summed E-state index contributed by atoms with van der Waals surface area (Å²) in [6.45, 7) is 2.15. The van der Waals surface area contributed by atoms with E-state index in [0.29, 0.717) is 32.8 Å². The lowest BCUT2D eigenvalue weighted by atomic mass is 10.1. The highest BCUT2D eigenvalue weighted by Crippen LogP contribution is 2.33. The summed E-state index contributed by atoms with van der Waals surface area (Å²) < 4.78 is 5.78. The Hall–Kier alpha value is -3.09. The number of unbranched alkanes of at least 4 members (excludes halogenated alkanes) is 1. The summed E-state index contributed by atoms with van der Waals surface area (Å²) >= 11 is 7.21. The van der Waals surface area contributed by atoms with Crippen LogP contribution < -0.4 is 15.8 Å². The van der Waals surface area contributed by atoms with Gasteiger partial charge in [0.2, 0.25) is 0 Å². The van der Waals surface area contributed by atoms with E-state index in [9.17, 15) is 4.79 Å². The van der Waals surface area contributed by atoms with Gasteiger partial charge in [-0.2, -0.15) is 0 Å². The minimum absolute atomic E-state index is 0.248. The first-order valence-corrected chi connectivity index (χ1v) is 11.3. The number of anilines is 2. The zero-order valence-electron chi connectivity index (χ0n) is 17.0. The Kier molecular flexibility index (Phi) is 6.39.